The van der Waals surface area contributed by atoms with Gasteiger partial charge in [0.2, 0.25) is 10.0 Å². The third-order valence-corrected chi connectivity index (χ3v) is 6.39. The molecule has 5 nitrogen and oxygen atoms in total. The van der Waals surface area contributed by atoms with Gasteiger partial charge in [-0.05, 0) is 42.7 Å². The van der Waals surface area contributed by atoms with Gasteiger partial charge in [0.25, 0.3) is 0 Å². The van der Waals surface area contributed by atoms with Crippen molar-refractivity contribution >= 4 is 32.0 Å². The van der Waals surface area contributed by atoms with Crippen LogP contribution >= 0.6 is 11.3 Å². The van der Waals surface area contributed by atoms with E-state index in [0.29, 0.717) is 17.1 Å². The van der Waals surface area contributed by atoms with Crippen LogP contribution in [-0.4, -0.2) is 19.8 Å². The zero-order valence-corrected chi connectivity index (χ0v) is 17.2. The number of benzene rings is 1. The topological polar surface area (TPSA) is 69.6 Å². The van der Waals surface area contributed by atoms with Crippen LogP contribution in [0.3, 0.4) is 0 Å². The van der Waals surface area contributed by atoms with Crippen molar-refractivity contribution in [1.29, 1.82) is 0 Å². The average Bonchev–Trinajstić information content (AvgIpc) is 3.09. The highest BCUT2D eigenvalue weighted by Crippen LogP contribution is 2.33. The molecule has 1 aromatic heterocycles. The van der Waals surface area contributed by atoms with Gasteiger partial charge in [0.1, 0.15) is 5.00 Å². The number of hydrogen-bond acceptors (Lipinski definition) is 5. The SMILES string of the molecule is CCCCCC(O)c1ccc(N(Nc2ccc(CC)cc2)S(C)(=O)=O)s1. The third-order valence-electron chi connectivity index (χ3n) is 4.15. The monoisotopic (exact) mass is 396 g/mol. The standard InChI is InChI=1S/C19H28N2O3S2/c1-4-6-7-8-17(22)18-13-14-19(25-18)21(26(3,23)24)20-16-11-9-15(5-2)10-12-16/h9-14,17,20,22H,4-8H2,1-3H3. The molecule has 1 aromatic carbocycles. The molecule has 0 fully saturated rings. The Labute approximate surface area is 160 Å². The molecular formula is C19H28N2O3S2. The molecule has 0 radical (unpaired) electrons. The summed E-state index contributed by atoms with van der Waals surface area (Å²) in [5, 5.41) is 10.9. The lowest BCUT2D eigenvalue weighted by Crippen LogP contribution is -2.34. The average molecular weight is 397 g/mol. The number of hydrogen-bond donors (Lipinski definition) is 2. The number of sulfonamides is 1. The maximum absolute atomic E-state index is 12.3. The van der Waals surface area contributed by atoms with Gasteiger partial charge >= 0.3 is 0 Å². The van der Waals surface area contributed by atoms with Crippen molar-refractivity contribution in [2.75, 3.05) is 16.1 Å². The zero-order valence-electron chi connectivity index (χ0n) is 15.6. The van der Waals surface area contributed by atoms with E-state index in [4.69, 9.17) is 0 Å². The number of aliphatic hydroxyl groups is 1. The second kappa shape index (κ2) is 9.39. The van der Waals surface area contributed by atoms with Crippen molar-refractivity contribution in [2.24, 2.45) is 0 Å². The van der Waals surface area contributed by atoms with Gasteiger partial charge < -0.3 is 5.11 Å². The van der Waals surface area contributed by atoms with Crippen molar-refractivity contribution in [2.45, 2.75) is 52.1 Å². The summed E-state index contributed by atoms with van der Waals surface area (Å²) >= 11 is 1.30. The lowest BCUT2D eigenvalue weighted by atomic mass is 10.1. The normalized spacial score (nSPS) is 12.8. The highest BCUT2D eigenvalue weighted by molar-refractivity contribution is 7.92. The number of aryl methyl sites for hydroxylation is 1. The van der Waals surface area contributed by atoms with Crippen molar-refractivity contribution in [3.63, 3.8) is 0 Å². The highest BCUT2D eigenvalue weighted by atomic mass is 32.2. The van der Waals surface area contributed by atoms with Crippen LogP contribution in [0.5, 0.6) is 0 Å². The summed E-state index contributed by atoms with van der Waals surface area (Å²) in [6, 6.07) is 11.2. The molecule has 0 aliphatic rings. The number of nitrogens with zero attached hydrogens (tertiary/aromatic N) is 1. The summed E-state index contributed by atoms with van der Waals surface area (Å²) in [6.45, 7) is 4.20. The minimum absolute atomic E-state index is 0.539. The molecule has 26 heavy (non-hydrogen) atoms. The second-order valence-corrected chi connectivity index (χ2v) is 9.30. The van der Waals surface area contributed by atoms with E-state index >= 15 is 0 Å². The van der Waals surface area contributed by atoms with E-state index in [1.165, 1.54) is 21.3 Å². The van der Waals surface area contributed by atoms with Crippen molar-refractivity contribution < 1.29 is 13.5 Å². The van der Waals surface area contributed by atoms with Gasteiger partial charge in [-0.15, -0.1) is 11.3 Å². The minimum atomic E-state index is -3.51. The number of unbranched alkanes of at least 4 members (excludes halogenated alkanes) is 2. The molecule has 0 bridgehead atoms. The molecule has 0 saturated heterocycles. The quantitative estimate of drug-likeness (QED) is 0.450. The molecule has 0 amide bonds. The minimum Gasteiger partial charge on any atom is -0.388 e. The van der Waals surface area contributed by atoms with Crippen molar-refractivity contribution in [3.05, 3.63) is 46.8 Å². The van der Waals surface area contributed by atoms with E-state index < -0.39 is 16.1 Å². The van der Waals surface area contributed by atoms with Crippen LogP contribution in [0, 0.1) is 0 Å². The highest BCUT2D eigenvalue weighted by Gasteiger charge is 2.21. The number of rotatable bonds is 10. The van der Waals surface area contributed by atoms with Gasteiger partial charge in [-0.2, -0.15) is 4.41 Å². The largest absolute Gasteiger partial charge is 0.388 e. The number of nitrogens with one attached hydrogen (secondary N) is 1. The fourth-order valence-corrected chi connectivity index (χ4v) is 4.67. The lowest BCUT2D eigenvalue weighted by molar-refractivity contribution is 0.167. The van der Waals surface area contributed by atoms with E-state index in [1.54, 1.807) is 12.1 Å². The molecule has 0 spiro atoms. The van der Waals surface area contributed by atoms with E-state index in [-0.39, 0.29) is 0 Å². The first kappa shape index (κ1) is 20.7. The van der Waals surface area contributed by atoms with E-state index in [1.807, 2.05) is 24.3 Å². The first-order valence-electron chi connectivity index (χ1n) is 8.98. The molecule has 0 aliphatic carbocycles. The van der Waals surface area contributed by atoms with Gasteiger partial charge in [0.05, 0.1) is 18.0 Å². The van der Waals surface area contributed by atoms with E-state index in [0.717, 1.165) is 36.8 Å². The van der Waals surface area contributed by atoms with Crippen LogP contribution < -0.4 is 9.84 Å². The van der Waals surface area contributed by atoms with Crippen LogP contribution in [0.15, 0.2) is 36.4 Å². The van der Waals surface area contributed by atoms with Crippen LogP contribution in [-0.2, 0) is 16.4 Å². The number of hydrazine groups is 1. The predicted molar refractivity (Wildman–Crippen MR) is 110 cm³/mol. The molecule has 2 N–H and O–H groups in total. The Morgan fingerprint density at radius 2 is 1.81 bits per heavy atom. The maximum atomic E-state index is 12.3. The van der Waals surface area contributed by atoms with E-state index in [9.17, 15) is 13.5 Å². The lowest BCUT2D eigenvalue weighted by Gasteiger charge is -2.22. The summed E-state index contributed by atoms with van der Waals surface area (Å²) in [5.74, 6) is 0. The summed E-state index contributed by atoms with van der Waals surface area (Å²) in [6.07, 6.45) is 5.38. The van der Waals surface area contributed by atoms with Crippen LogP contribution in [0.2, 0.25) is 0 Å². The third kappa shape index (κ3) is 5.72. The molecule has 7 heteroatoms. The zero-order chi connectivity index (χ0) is 19.2. The first-order valence-corrected chi connectivity index (χ1v) is 11.6. The fraction of sp³-hybridized carbons (Fsp3) is 0.474. The number of anilines is 2. The van der Waals surface area contributed by atoms with Crippen molar-refractivity contribution in [3.8, 4) is 0 Å². The van der Waals surface area contributed by atoms with Crippen molar-refractivity contribution in [1.82, 2.24) is 0 Å². The second-order valence-electron chi connectivity index (χ2n) is 6.38. The molecule has 1 atom stereocenters. The predicted octanol–water partition coefficient (Wildman–Crippen LogP) is 4.72. The Morgan fingerprint density at radius 3 is 2.38 bits per heavy atom. The van der Waals surface area contributed by atoms with Crippen LogP contribution in [0.1, 0.15) is 56.1 Å². The summed E-state index contributed by atoms with van der Waals surface area (Å²) in [7, 11) is -3.51. The first-order chi connectivity index (χ1) is 12.3. The van der Waals surface area contributed by atoms with E-state index in [2.05, 4.69) is 19.3 Å². The Kier molecular flexibility index (Phi) is 7.49. The van der Waals surface area contributed by atoms with Gasteiger partial charge in [-0.25, -0.2) is 8.42 Å². The maximum Gasteiger partial charge on any atom is 0.250 e. The molecule has 1 heterocycles. The molecular weight excluding hydrogens is 368 g/mol. The summed E-state index contributed by atoms with van der Waals surface area (Å²) in [5.41, 5.74) is 4.86. The molecule has 144 valence electrons. The smallest absolute Gasteiger partial charge is 0.250 e. The van der Waals surface area contributed by atoms with Gasteiger partial charge in [0, 0.05) is 4.88 Å². The van der Waals surface area contributed by atoms with Crippen LogP contribution in [0.25, 0.3) is 0 Å². The summed E-state index contributed by atoms with van der Waals surface area (Å²) < 4.78 is 25.7. The number of aliphatic hydroxyl groups excluding tert-OH is 1. The summed E-state index contributed by atoms with van der Waals surface area (Å²) in [4.78, 5) is 0.785. The molecule has 0 aliphatic heterocycles. The van der Waals surface area contributed by atoms with Gasteiger partial charge in [0.15, 0.2) is 0 Å². The Morgan fingerprint density at radius 1 is 1.12 bits per heavy atom. The Bertz CT molecular complexity index is 785. The number of thiophene rings is 1. The van der Waals surface area contributed by atoms with Crippen LogP contribution in [0.4, 0.5) is 10.7 Å². The Balaban J connectivity index is 2.17. The fourth-order valence-electron chi connectivity index (χ4n) is 2.59. The van der Waals surface area contributed by atoms with Gasteiger partial charge in [-0.3, -0.25) is 5.43 Å². The van der Waals surface area contributed by atoms with Gasteiger partial charge in [-0.1, -0.05) is 45.2 Å². The molecule has 2 rings (SSSR count). The molecule has 2 aromatic rings. The molecule has 0 saturated carbocycles. The Hall–Kier alpha value is -1.57. The molecule has 1 unspecified atom stereocenters.